The van der Waals surface area contributed by atoms with Gasteiger partial charge in [-0.05, 0) is 42.5 Å². The van der Waals surface area contributed by atoms with E-state index in [0.29, 0.717) is 0 Å². The van der Waals surface area contributed by atoms with Crippen LogP contribution in [-0.4, -0.2) is 12.0 Å². The molecule has 0 aliphatic rings. The molecule has 0 spiro atoms. The molecule has 66 valence electrons. The van der Waals surface area contributed by atoms with Crippen LogP contribution in [-0.2, 0) is 6.42 Å². The van der Waals surface area contributed by atoms with E-state index in [0.717, 1.165) is 12.2 Å². The van der Waals surface area contributed by atoms with Crippen molar-refractivity contribution in [1.82, 2.24) is 0 Å². The average molecular weight is 198 g/mol. The van der Waals surface area contributed by atoms with Gasteiger partial charge in [0.15, 0.2) is 0 Å². The summed E-state index contributed by atoms with van der Waals surface area (Å²) in [5.74, 6) is 0.976. The Labute approximate surface area is 84.2 Å². The number of aryl methyl sites for hydroxylation is 1. The molecule has 0 amide bonds. The highest BCUT2D eigenvalue weighted by Gasteiger charge is 1.93. The van der Waals surface area contributed by atoms with Crippen molar-refractivity contribution in [3.63, 3.8) is 0 Å². The van der Waals surface area contributed by atoms with Gasteiger partial charge in [-0.1, -0.05) is 12.1 Å². The topological polar surface area (TPSA) is 0 Å². The van der Waals surface area contributed by atoms with Gasteiger partial charge in [0, 0.05) is 4.90 Å². The van der Waals surface area contributed by atoms with Crippen LogP contribution in [0.2, 0.25) is 0 Å². The van der Waals surface area contributed by atoms with Crippen molar-refractivity contribution >= 4 is 24.4 Å². The molecule has 0 unspecified atom stereocenters. The Hall–Kier alpha value is -0.0800. The fraction of sp³-hybridized carbons (Fsp3) is 0.400. The molecule has 0 nitrogen and oxygen atoms in total. The highest BCUT2D eigenvalue weighted by atomic mass is 32.2. The first-order valence-corrected chi connectivity index (χ1v) is 5.96. The van der Waals surface area contributed by atoms with Gasteiger partial charge in [0.05, 0.1) is 0 Å². The van der Waals surface area contributed by atoms with Crippen LogP contribution in [0.5, 0.6) is 0 Å². The van der Waals surface area contributed by atoms with Crippen LogP contribution in [0.4, 0.5) is 0 Å². The predicted octanol–water partition coefficient (Wildman–Crippen LogP) is 3.27. The van der Waals surface area contributed by atoms with Gasteiger partial charge in [0.1, 0.15) is 0 Å². The molecule has 1 aromatic carbocycles. The van der Waals surface area contributed by atoms with Crippen molar-refractivity contribution in [2.45, 2.75) is 17.7 Å². The molecular formula is C10H14S2. The molecule has 0 fully saturated rings. The second-order valence-corrected chi connectivity index (χ2v) is 4.01. The maximum Gasteiger partial charge on any atom is 0.00718 e. The van der Waals surface area contributed by atoms with Crippen LogP contribution in [0.15, 0.2) is 29.2 Å². The summed E-state index contributed by atoms with van der Waals surface area (Å²) in [6.07, 6.45) is 4.43. The third-order valence-corrected chi connectivity index (χ3v) is 2.80. The maximum atomic E-state index is 4.19. The molecular weight excluding hydrogens is 184 g/mol. The predicted molar refractivity (Wildman–Crippen MR) is 60.4 cm³/mol. The Balaban J connectivity index is 2.60. The smallest absolute Gasteiger partial charge is 0.00718 e. The number of hydrogen-bond acceptors (Lipinski definition) is 2. The van der Waals surface area contributed by atoms with E-state index < -0.39 is 0 Å². The van der Waals surface area contributed by atoms with E-state index in [1.165, 1.54) is 16.9 Å². The van der Waals surface area contributed by atoms with E-state index in [-0.39, 0.29) is 0 Å². The number of hydrogen-bond donors (Lipinski definition) is 1. The minimum Gasteiger partial charge on any atom is -0.179 e. The third kappa shape index (κ3) is 3.11. The van der Waals surface area contributed by atoms with Crippen molar-refractivity contribution < 1.29 is 0 Å². The van der Waals surface area contributed by atoms with E-state index in [9.17, 15) is 0 Å². The zero-order valence-electron chi connectivity index (χ0n) is 7.29. The van der Waals surface area contributed by atoms with E-state index in [1.807, 2.05) is 0 Å². The molecule has 0 saturated carbocycles. The minimum atomic E-state index is 0.976. The number of rotatable bonds is 4. The van der Waals surface area contributed by atoms with Gasteiger partial charge in [-0.15, -0.1) is 11.8 Å². The minimum absolute atomic E-state index is 0.976. The number of benzene rings is 1. The van der Waals surface area contributed by atoms with E-state index >= 15 is 0 Å². The van der Waals surface area contributed by atoms with Gasteiger partial charge in [0.25, 0.3) is 0 Å². The van der Waals surface area contributed by atoms with Crippen LogP contribution in [0.3, 0.4) is 0 Å². The molecule has 0 saturated heterocycles. The lowest BCUT2D eigenvalue weighted by Gasteiger charge is -2.01. The zero-order valence-corrected chi connectivity index (χ0v) is 9.00. The highest BCUT2D eigenvalue weighted by molar-refractivity contribution is 7.98. The van der Waals surface area contributed by atoms with Crippen molar-refractivity contribution in [2.75, 3.05) is 12.0 Å². The second kappa shape index (κ2) is 5.55. The van der Waals surface area contributed by atoms with Crippen LogP contribution >= 0.6 is 24.4 Å². The van der Waals surface area contributed by atoms with Crippen LogP contribution < -0.4 is 0 Å². The molecule has 1 aromatic rings. The molecule has 0 bridgehead atoms. The summed E-state index contributed by atoms with van der Waals surface area (Å²) in [5.41, 5.74) is 1.43. The molecule has 12 heavy (non-hydrogen) atoms. The molecule has 0 radical (unpaired) electrons. The lowest BCUT2D eigenvalue weighted by Crippen LogP contribution is -1.85. The number of thioether (sulfide) groups is 1. The summed E-state index contributed by atoms with van der Waals surface area (Å²) >= 11 is 5.99. The first-order chi connectivity index (χ1) is 5.86. The maximum absolute atomic E-state index is 4.19. The summed E-state index contributed by atoms with van der Waals surface area (Å²) in [5, 5.41) is 0. The first-order valence-electron chi connectivity index (χ1n) is 4.10. The zero-order chi connectivity index (χ0) is 8.81. The summed E-state index contributed by atoms with van der Waals surface area (Å²) < 4.78 is 0. The summed E-state index contributed by atoms with van der Waals surface area (Å²) in [6.45, 7) is 0. The lowest BCUT2D eigenvalue weighted by atomic mass is 10.1. The van der Waals surface area contributed by atoms with Crippen molar-refractivity contribution in [3.8, 4) is 0 Å². The Kier molecular flexibility index (Phi) is 4.62. The van der Waals surface area contributed by atoms with Gasteiger partial charge < -0.3 is 0 Å². The molecule has 2 heteroatoms. The van der Waals surface area contributed by atoms with E-state index in [2.05, 4.69) is 43.2 Å². The molecule has 1 rings (SSSR count). The molecule has 0 atom stereocenters. The lowest BCUT2D eigenvalue weighted by molar-refractivity contribution is 0.932. The van der Waals surface area contributed by atoms with Crippen LogP contribution in [0, 0.1) is 0 Å². The quantitative estimate of drug-likeness (QED) is 0.572. The van der Waals surface area contributed by atoms with Crippen molar-refractivity contribution in [1.29, 1.82) is 0 Å². The first kappa shape index (κ1) is 10.0. The summed E-state index contributed by atoms with van der Waals surface area (Å²) in [4.78, 5) is 1.35. The Morgan fingerprint density at radius 1 is 1.42 bits per heavy atom. The van der Waals surface area contributed by atoms with Crippen molar-refractivity contribution in [3.05, 3.63) is 29.8 Å². The normalized spacial score (nSPS) is 10.2. The summed E-state index contributed by atoms with van der Waals surface area (Å²) in [6, 6.07) is 8.71. The fourth-order valence-corrected chi connectivity index (χ4v) is 1.75. The monoisotopic (exact) mass is 198 g/mol. The van der Waals surface area contributed by atoms with Gasteiger partial charge in [-0.25, -0.2) is 0 Å². The van der Waals surface area contributed by atoms with E-state index in [1.54, 1.807) is 11.8 Å². The van der Waals surface area contributed by atoms with Crippen LogP contribution in [0.25, 0.3) is 0 Å². The molecule has 0 heterocycles. The molecule has 0 aliphatic carbocycles. The largest absolute Gasteiger partial charge is 0.179 e. The SMILES string of the molecule is CSc1cccc(CCCS)c1. The van der Waals surface area contributed by atoms with Gasteiger partial charge >= 0.3 is 0 Å². The highest BCUT2D eigenvalue weighted by Crippen LogP contribution is 2.16. The summed E-state index contributed by atoms with van der Waals surface area (Å²) in [7, 11) is 0. The molecule has 0 N–H and O–H groups in total. The fourth-order valence-electron chi connectivity index (χ4n) is 1.11. The standard InChI is InChI=1S/C10H14S2/c1-12-10-6-2-4-9(8-10)5-3-7-11/h2,4,6,8,11H,3,5,7H2,1H3. The molecule has 0 aliphatic heterocycles. The van der Waals surface area contributed by atoms with Crippen molar-refractivity contribution in [2.24, 2.45) is 0 Å². The van der Waals surface area contributed by atoms with Gasteiger partial charge in [-0.3, -0.25) is 0 Å². The Morgan fingerprint density at radius 3 is 2.92 bits per heavy atom. The van der Waals surface area contributed by atoms with E-state index in [4.69, 9.17) is 0 Å². The Bertz CT molecular complexity index is 233. The second-order valence-electron chi connectivity index (χ2n) is 2.68. The average Bonchev–Trinajstić information content (AvgIpc) is 2.15. The van der Waals surface area contributed by atoms with Gasteiger partial charge in [-0.2, -0.15) is 12.6 Å². The van der Waals surface area contributed by atoms with Crippen LogP contribution in [0.1, 0.15) is 12.0 Å². The molecule has 0 aromatic heterocycles. The number of thiol groups is 1. The Morgan fingerprint density at radius 2 is 2.25 bits per heavy atom. The third-order valence-electron chi connectivity index (χ3n) is 1.76. The van der Waals surface area contributed by atoms with Gasteiger partial charge in [0.2, 0.25) is 0 Å².